The van der Waals surface area contributed by atoms with Gasteiger partial charge in [-0.15, -0.1) is 0 Å². The van der Waals surface area contributed by atoms with Crippen LogP contribution >= 0.6 is 51.9 Å². The monoisotopic (exact) mass is 868 g/mol. The Morgan fingerprint density at radius 1 is 0.815 bits per heavy atom. The van der Waals surface area contributed by atoms with Crippen LogP contribution in [-0.2, 0) is 33.2 Å². The van der Waals surface area contributed by atoms with Crippen LogP contribution in [0.3, 0.4) is 0 Å². The fourth-order valence-electron chi connectivity index (χ4n) is 4.82. The van der Waals surface area contributed by atoms with Gasteiger partial charge < -0.3 is 29.2 Å². The maximum absolute atomic E-state index is 13.2. The van der Waals surface area contributed by atoms with Crippen LogP contribution in [0.2, 0.25) is 10.0 Å². The molecule has 20 heteroatoms. The van der Waals surface area contributed by atoms with Crippen LogP contribution in [0.15, 0.2) is 51.5 Å². The van der Waals surface area contributed by atoms with E-state index in [-0.39, 0.29) is 56.1 Å². The van der Waals surface area contributed by atoms with E-state index >= 15 is 0 Å². The molecule has 0 saturated heterocycles. The number of halogens is 5. The number of nitrogens with zero attached hydrogens (tertiary/aromatic N) is 3. The average Bonchev–Trinajstić information content (AvgIpc) is 3.53. The number of aromatic nitrogens is 2. The van der Waals surface area contributed by atoms with Crippen LogP contribution in [0.4, 0.5) is 20.2 Å². The molecular formula is C34H32BBrCl2F2N5O8S. The molecule has 4 rings (SSSR count). The van der Waals surface area contributed by atoms with E-state index in [4.69, 9.17) is 32.7 Å². The van der Waals surface area contributed by atoms with Crippen LogP contribution in [0.1, 0.15) is 66.7 Å². The van der Waals surface area contributed by atoms with Gasteiger partial charge in [0.15, 0.2) is 0 Å². The van der Waals surface area contributed by atoms with Gasteiger partial charge in [0.2, 0.25) is 0 Å². The van der Waals surface area contributed by atoms with Crippen LogP contribution in [0, 0.1) is 25.5 Å². The standard InChI is InChI=1S/C17H15BrClFN2O4.C17H16ClFN2O4.BHNS/c1-4-26-17(25)14(23)12-8(2)13(22(3)15(12)18)16(24)21-9-5-6-11(20)10(19)7-9;1-4-25-17(24)15(22)11-8-21(3)14(9(11)2)16(23)20-10-5-6-13(19)12(18)7-10;1-2-3/h5-7H,4H2,1-3H3,(H,21,24);5-8H,4H2,1-3H3,(H,20,23);3H. The van der Waals surface area contributed by atoms with Gasteiger partial charge in [-0.2, -0.15) is 0 Å². The fourth-order valence-corrected chi connectivity index (χ4v) is 5.83. The Balaban J connectivity index is 0.000000348. The van der Waals surface area contributed by atoms with E-state index < -0.39 is 47.0 Å². The molecule has 0 aliphatic heterocycles. The van der Waals surface area contributed by atoms with Gasteiger partial charge in [0, 0.05) is 31.7 Å². The number of carbonyl (C=O) groups excluding carboxylic acids is 6. The molecule has 54 heavy (non-hydrogen) atoms. The predicted molar refractivity (Wildman–Crippen MR) is 206 cm³/mol. The molecule has 285 valence electrons. The van der Waals surface area contributed by atoms with Crippen molar-refractivity contribution in [3.63, 3.8) is 0 Å². The van der Waals surface area contributed by atoms with Crippen molar-refractivity contribution >= 4 is 106 Å². The molecule has 2 amide bonds. The van der Waals surface area contributed by atoms with E-state index in [1.807, 2.05) is 0 Å². The first kappa shape index (κ1) is 45.5. The first-order chi connectivity index (χ1) is 25.4. The van der Waals surface area contributed by atoms with Crippen molar-refractivity contribution in [1.29, 1.82) is 0 Å². The summed E-state index contributed by atoms with van der Waals surface area (Å²) >= 11 is 17.8. The molecule has 13 nitrogen and oxygen atoms in total. The number of Topliss-reactive ketones (excluding diaryl/α,β-unsaturated/α-hetero) is 2. The summed E-state index contributed by atoms with van der Waals surface area (Å²) in [6.45, 7) is 6.42. The average molecular weight is 870 g/mol. The minimum atomic E-state index is -1.00. The second-order valence-corrected chi connectivity index (χ2v) is 12.5. The Bertz CT molecular complexity index is 2130. The van der Waals surface area contributed by atoms with Gasteiger partial charge in [0.25, 0.3) is 23.4 Å². The number of thiol groups is 1. The Morgan fingerprint density at radius 3 is 1.67 bits per heavy atom. The van der Waals surface area contributed by atoms with Gasteiger partial charge in [-0.3, -0.25) is 19.2 Å². The number of benzene rings is 2. The second kappa shape index (κ2) is 20.7. The number of hydrogen-bond donors (Lipinski definition) is 3. The molecule has 0 saturated carbocycles. The van der Waals surface area contributed by atoms with Crippen molar-refractivity contribution in [2.45, 2.75) is 27.7 Å². The molecule has 0 bridgehead atoms. The summed E-state index contributed by atoms with van der Waals surface area (Å²) in [6.07, 6.45) is 1.39. The van der Waals surface area contributed by atoms with Crippen LogP contribution < -0.4 is 10.6 Å². The number of ketones is 2. The number of aryl methyl sites for hydroxylation is 1. The Labute approximate surface area is 333 Å². The Hall–Kier alpha value is -4.65. The zero-order chi connectivity index (χ0) is 41.0. The third-order valence-electron chi connectivity index (χ3n) is 7.18. The van der Waals surface area contributed by atoms with Gasteiger partial charge in [-0.1, -0.05) is 23.2 Å². The normalized spacial score (nSPS) is 10.1. The zero-order valence-corrected chi connectivity index (χ0v) is 33.5. The molecule has 4 aromatic rings. The van der Waals surface area contributed by atoms with Crippen molar-refractivity contribution < 1.29 is 47.0 Å². The summed E-state index contributed by atoms with van der Waals surface area (Å²) < 4.78 is 41.7. The van der Waals surface area contributed by atoms with E-state index in [0.29, 0.717) is 16.8 Å². The first-order valence-corrected chi connectivity index (χ1v) is 17.3. The maximum atomic E-state index is 13.2. The quantitative estimate of drug-likeness (QED) is 0.0495. The van der Waals surface area contributed by atoms with E-state index in [2.05, 4.69) is 51.3 Å². The number of rotatable bonds is 10. The fraction of sp³-hybridized carbons (Fsp3) is 0.235. The van der Waals surface area contributed by atoms with Crippen LogP contribution in [-0.4, -0.2) is 65.3 Å². The zero-order valence-electron chi connectivity index (χ0n) is 29.5. The van der Waals surface area contributed by atoms with Gasteiger partial charge in [0.1, 0.15) is 23.0 Å². The molecule has 2 aromatic carbocycles. The van der Waals surface area contributed by atoms with Gasteiger partial charge in [0.05, 0.1) is 39.0 Å². The summed E-state index contributed by atoms with van der Waals surface area (Å²) in [7, 11) is 7.47. The SMILES string of the molecule is CCOC(=O)C(=O)c1c(C)c(C(=O)Nc2ccc(F)c(Cl)c2)n(C)c1Br.CCOC(=O)C(=O)c1cn(C)c(C(=O)Nc2ccc(F)c(Cl)c2)c1C.[B]=NS. The van der Waals surface area contributed by atoms with Crippen LogP contribution in [0.25, 0.3) is 0 Å². The van der Waals surface area contributed by atoms with E-state index in [9.17, 15) is 37.5 Å². The number of anilines is 2. The van der Waals surface area contributed by atoms with Gasteiger partial charge in [-0.05, 0) is 91.1 Å². The molecule has 2 heterocycles. The molecular weight excluding hydrogens is 838 g/mol. The summed E-state index contributed by atoms with van der Waals surface area (Å²) in [5.74, 6) is -5.93. The van der Waals surface area contributed by atoms with Gasteiger partial charge >= 0.3 is 36.7 Å². The second-order valence-electron chi connectivity index (χ2n) is 10.7. The Kier molecular flexibility index (Phi) is 17.5. The molecule has 0 aliphatic carbocycles. The predicted octanol–water partition coefficient (Wildman–Crippen LogP) is 7.19. The third-order valence-corrected chi connectivity index (χ3v) is 8.69. The van der Waals surface area contributed by atoms with Crippen LogP contribution in [0.5, 0.6) is 0 Å². The molecule has 0 fully saturated rings. The van der Waals surface area contributed by atoms with E-state index in [1.54, 1.807) is 41.8 Å². The number of amides is 2. The number of nitrogens with one attached hydrogen (secondary N) is 2. The van der Waals surface area contributed by atoms with E-state index in [0.717, 1.165) is 12.1 Å². The van der Waals surface area contributed by atoms with Crippen molar-refractivity contribution in [1.82, 2.24) is 9.13 Å². The van der Waals surface area contributed by atoms with Crippen molar-refractivity contribution in [3.05, 3.63) is 103 Å². The molecule has 2 aromatic heterocycles. The Morgan fingerprint density at radius 2 is 1.24 bits per heavy atom. The molecule has 1 radical (unpaired) electrons. The molecule has 2 N–H and O–H groups in total. The first-order valence-electron chi connectivity index (χ1n) is 15.4. The minimum absolute atomic E-state index is 0.0493. The number of ether oxygens (including phenoxy) is 2. The summed E-state index contributed by atoms with van der Waals surface area (Å²) in [5, 5.41) is 4.90. The molecule has 0 unspecified atom stereocenters. The summed E-state index contributed by atoms with van der Waals surface area (Å²) in [6, 6.07) is 7.52. The molecule has 0 aliphatic rings. The summed E-state index contributed by atoms with van der Waals surface area (Å²) in [5.41, 5.74) is 1.72. The number of hydrogen-bond acceptors (Lipinski definition) is 10. The van der Waals surface area contributed by atoms with Crippen molar-refractivity contribution in [2.75, 3.05) is 23.8 Å². The molecule has 0 atom stereocenters. The summed E-state index contributed by atoms with van der Waals surface area (Å²) in [4.78, 5) is 72.9. The topological polar surface area (TPSA) is 167 Å². The van der Waals surface area contributed by atoms with E-state index in [1.165, 1.54) is 39.6 Å². The van der Waals surface area contributed by atoms with Gasteiger partial charge in [-0.25, -0.2) is 18.4 Å². The van der Waals surface area contributed by atoms with Crippen molar-refractivity contribution in [2.24, 2.45) is 18.4 Å². The third kappa shape index (κ3) is 11.2. The van der Waals surface area contributed by atoms with Crippen molar-refractivity contribution in [3.8, 4) is 0 Å². The number of carbonyl (C=O) groups is 6. The number of esters is 2. The molecule has 0 spiro atoms.